The quantitative estimate of drug-likeness (QED) is 0.325. The molecule has 26 heavy (non-hydrogen) atoms. The Bertz CT molecular complexity index is 839. The van der Waals surface area contributed by atoms with Crippen molar-refractivity contribution in [2.24, 2.45) is 5.92 Å². The molecule has 1 aliphatic rings. The van der Waals surface area contributed by atoms with E-state index < -0.39 is 0 Å². The normalized spacial score (nSPS) is 14.2. The Kier molecular flexibility index (Phi) is 12.5. The maximum Gasteiger partial charge on any atom is -0.0771 e. The minimum absolute atomic E-state index is 0. The summed E-state index contributed by atoms with van der Waals surface area (Å²) in [5, 5.41) is 5.39. The van der Waals surface area contributed by atoms with Crippen LogP contribution in [0.25, 0.3) is 21.5 Å². The standard InChI is InChI=1S/C13H9.C7H9.C2H6Si.2ClH.Zr/c1-3-7-12-10(5-1)9-11-6-2-4-8-13(11)12;1-6-3-4-7(2)5-6;1-3-2;;;/h1-9H;3-4,6H,1-2H3;1-2H3;2*1H;/q2*-1;;;;+2/p-2. The maximum absolute atomic E-state index is 3.22. The van der Waals surface area contributed by atoms with E-state index in [1.54, 1.807) is 23.3 Å². The number of hydrogen-bond donors (Lipinski definition) is 0. The van der Waals surface area contributed by atoms with Crippen LogP contribution in [0.4, 0.5) is 0 Å². The van der Waals surface area contributed by atoms with Gasteiger partial charge in [0.15, 0.2) is 0 Å². The van der Waals surface area contributed by atoms with Gasteiger partial charge in [-0.1, -0.05) is 56.2 Å². The monoisotopic (exact) mass is 476 g/mol. The third kappa shape index (κ3) is 8.01. The van der Waals surface area contributed by atoms with Gasteiger partial charge in [0.1, 0.15) is 0 Å². The van der Waals surface area contributed by atoms with E-state index in [2.05, 4.69) is 99.8 Å². The molecule has 136 valence electrons. The number of benzene rings is 2. The van der Waals surface area contributed by atoms with Crippen LogP contribution < -0.4 is 24.8 Å². The molecular weight excluding hydrogens is 454 g/mol. The second kappa shape index (κ2) is 12.8. The van der Waals surface area contributed by atoms with Crippen molar-refractivity contribution in [3.05, 3.63) is 78.4 Å². The molecule has 3 aromatic carbocycles. The van der Waals surface area contributed by atoms with Crippen molar-refractivity contribution in [1.82, 2.24) is 0 Å². The Balaban J connectivity index is 0.000000415. The first kappa shape index (κ1) is 25.5. The molecule has 0 amide bonds. The van der Waals surface area contributed by atoms with E-state index >= 15 is 0 Å². The fraction of sp³-hybridized carbons (Fsp3) is 0.227. The average molecular weight is 479 g/mol. The van der Waals surface area contributed by atoms with E-state index in [0.717, 1.165) is 0 Å². The molecule has 0 aliphatic heterocycles. The van der Waals surface area contributed by atoms with Gasteiger partial charge in [0, 0.05) is 0 Å². The first-order valence-corrected chi connectivity index (χ1v) is 14.5. The predicted octanol–water partition coefficient (Wildman–Crippen LogP) is 0.446. The van der Waals surface area contributed by atoms with Crippen LogP contribution in [0.3, 0.4) is 0 Å². The summed E-state index contributed by atoms with van der Waals surface area (Å²) >= 11 is 1.74. The van der Waals surface area contributed by atoms with Crippen LogP contribution in [-0.4, -0.2) is 5.43 Å². The topological polar surface area (TPSA) is 0 Å². The van der Waals surface area contributed by atoms with Gasteiger partial charge in [-0.15, -0.1) is 39.7 Å². The van der Waals surface area contributed by atoms with Gasteiger partial charge in [-0.2, -0.15) is 6.08 Å². The Hall–Kier alpha value is -0.530. The van der Waals surface area contributed by atoms with Gasteiger partial charge in [0.2, 0.25) is 0 Å². The molecule has 0 saturated heterocycles. The summed E-state index contributed by atoms with van der Waals surface area (Å²) in [6.07, 6.45) is 7.47. The summed E-state index contributed by atoms with van der Waals surface area (Å²) in [6, 6.07) is 19.3. The molecule has 4 heteroatoms. The molecule has 0 fully saturated rings. The number of halogens is 2. The fourth-order valence-electron chi connectivity index (χ4n) is 2.65. The molecule has 0 nitrogen and oxygen atoms in total. The largest absolute Gasteiger partial charge is 1.00 e. The minimum atomic E-state index is 0. The third-order valence-corrected chi connectivity index (χ3v) is 3.61. The zero-order valence-corrected chi connectivity index (χ0v) is 20.7. The molecular formula is C22H24Cl2SiZr-2. The first-order chi connectivity index (χ1) is 11.5. The summed E-state index contributed by atoms with van der Waals surface area (Å²) in [5.74, 6) is 0.556. The van der Waals surface area contributed by atoms with E-state index in [1.807, 2.05) is 0 Å². The SMILES string of the molecule is CC1=[C-]C(C)C=C1.C[Si](C)=[Zr+2].[Cl-].[Cl-].c1ccc2c(c1)[cH-]c1ccccc12. The molecule has 3 aromatic rings. The molecule has 0 saturated carbocycles. The van der Waals surface area contributed by atoms with Crippen LogP contribution in [0.5, 0.6) is 0 Å². The molecule has 1 atom stereocenters. The van der Waals surface area contributed by atoms with Crippen LogP contribution in [0.2, 0.25) is 13.1 Å². The minimum Gasteiger partial charge on any atom is -1.00 e. The zero-order valence-electron chi connectivity index (χ0n) is 15.7. The van der Waals surface area contributed by atoms with Crippen LogP contribution in [0.15, 0.2) is 72.3 Å². The second-order valence-electron chi connectivity index (χ2n) is 6.29. The summed E-state index contributed by atoms with van der Waals surface area (Å²) in [5.41, 5.74) is 1.48. The van der Waals surface area contributed by atoms with Crippen molar-refractivity contribution < 1.29 is 48.1 Å². The van der Waals surface area contributed by atoms with E-state index in [4.69, 9.17) is 0 Å². The Morgan fingerprint density at radius 3 is 1.65 bits per heavy atom. The van der Waals surface area contributed by atoms with Crippen molar-refractivity contribution in [3.63, 3.8) is 0 Å². The summed E-state index contributed by atoms with van der Waals surface area (Å²) in [7, 11) is 0. The molecule has 0 bridgehead atoms. The molecule has 0 heterocycles. The van der Waals surface area contributed by atoms with Gasteiger partial charge in [0.05, 0.1) is 0 Å². The van der Waals surface area contributed by atoms with Crippen molar-refractivity contribution >= 4 is 27.0 Å². The zero-order chi connectivity index (χ0) is 17.5. The van der Waals surface area contributed by atoms with Gasteiger partial charge in [-0.25, -0.2) is 11.6 Å². The first-order valence-electron chi connectivity index (χ1n) is 8.30. The Labute approximate surface area is 185 Å². The summed E-state index contributed by atoms with van der Waals surface area (Å²) in [4.78, 5) is 0. The number of fused-ring (bicyclic) bond motifs is 3. The summed E-state index contributed by atoms with van der Waals surface area (Å²) < 4.78 is 0. The number of rotatable bonds is 0. The molecule has 0 spiro atoms. The van der Waals surface area contributed by atoms with Gasteiger partial charge in [-0.3, -0.25) is 6.08 Å². The molecule has 1 unspecified atom stereocenters. The molecule has 0 radical (unpaired) electrons. The van der Waals surface area contributed by atoms with Crippen LogP contribution in [0, 0.1) is 12.0 Å². The van der Waals surface area contributed by atoms with E-state index in [1.165, 1.54) is 27.1 Å². The van der Waals surface area contributed by atoms with Crippen LogP contribution in [-0.2, 0) is 23.3 Å². The van der Waals surface area contributed by atoms with Gasteiger partial charge >= 0.3 is 41.9 Å². The fourth-order valence-corrected chi connectivity index (χ4v) is 2.65. The van der Waals surface area contributed by atoms with Gasteiger partial charge < -0.3 is 24.8 Å². The van der Waals surface area contributed by atoms with Gasteiger partial charge in [0.25, 0.3) is 0 Å². The van der Waals surface area contributed by atoms with Crippen molar-refractivity contribution in [2.45, 2.75) is 26.9 Å². The van der Waals surface area contributed by atoms with Crippen LogP contribution >= 0.6 is 0 Å². The van der Waals surface area contributed by atoms with Crippen LogP contribution in [0.1, 0.15) is 13.8 Å². The van der Waals surface area contributed by atoms with E-state index in [0.29, 0.717) is 5.92 Å². The number of allylic oxidation sites excluding steroid dienone is 4. The molecule has 0 N–H and O–H groups in total. The third-order valence-electron chi connectivity index (χ3n) is 3.61. The van der Waals surface area contributed by atoms with E-state index in [9.17, 15) is 0 Å². The maximum atomic E-state index is 3.22. The van der Waals surface area contributed by atoms with Gasteiger partial charge in [-0.05, 0) is 0 Å². The predicted molar refractivity (Wildman–Crippen MR) is 105 cm³/mol. The van der Waals surface area contributed by atoms with Crippen molar-refractivity contribution in [3.8, 4) is 0 Å². The Morgan fingerprint density at radius 1 is 0.923 bits per heavy atom. The number of hydrogen-bond acceptors (Lipinski definition) is 0. The smallest absolute Gasteiger partial charge is 0.0771 e. The molecule has 0 aromatic heterocycles. The average Bonchev–Trinajstić information content (AvgIpc) is 3.10. The molecule has 1 aliphatic carbocycles. The molecule has 4 rings (SSSR count). The second-order valence-corrected chi connectivity index (χ2v) is 15.7. The van der Waals surface area contributed by atoms with E-state index in [-0.39, 0.29) is 30.2 Å². The van der Waals surface area contributed by atoms with Crippen molar-refractivity contribution in [1.29, 1.82) is 0 Å². The Morgan fingerprint density at radius 2 is 1.35 bits per heavy atom. The summed E-state index contributed by atoms with van der Waals surface area (Å²) in [6.45, 7) is 8.82. The van der Waals surface area contributed by atoms with Crippen molar-refractivity contribution in [2.75, 3.05) is 0 Å².